The highest BCUT2D eigenvalue weighted by atomic mass is 16.5. The summed E-state index contributed by atoms with van der Waals surface area (Å²) < 4.78 is 5.43. The monoisotopic (exact) mass is 216 g/mol. The third-order valence-electron chi connectivity index (χ3n) is 3.29. The number of fused-ring (bicyclic) bond motifs is 3. The average Bonchev–Trinajstić information content (AvgIpc) is 2.67. The number of aryl methyl sites for hydroxylation is 1. The molecule has 0 spiro atoms. The van der Waals surface area contributed by atoms with Crippen LogP contribution in [0.15, 0.2) is 12.1 Å². The van der Waals surface area contributed by atoms with E-state index < -0.39 is 0 Å². The lowest BCUT2D eigenvalue weighted by Crippen LogP contribution is -2.22. The van der Waals surface area contributed by atoms with Crippen LogP contribution in [-0.4, -0.2) is 18.6 Å². The first-order valence-electron chi connectivity index (χ1n) is 5.68. The van der Waals surface area contributed by atoms with E-state index in [1.807, 2.05) is 0 Å². The van der Waals surface area contributed by atoms with Crippen LogP contribution >= 0.6 is 0 Å². The van der Waals surface area contributed by atoms with Crippen molar-refractivity contribution in [3.8, 4) is 5.75 Å². The van der Waals surface area contributed by atoms with Crippen LogP contribution < -0.4 is 10.1 Å². The van der Waals surface area contributed by atoms with Crippen LogP contribution in [0.1, 0.15) is 16.8 Å². The molecule has 0 amide bonds. The predicted octanol–water partition coefficient (Wildman–Crippen LogP) is 2.13. The average molecular weight is 216 g/mol. The molecule has 2 N–H and O–H groups in total. The van der Waals surface area contributed by atoms with Crippen LogP contribution in [0.4, 0.5) is 0 Å². The first kappa shape index (κ1) is 9.73. The minimum atomic E-state index is 0.949. The standard InChI is InChI=1S/C13H16N2O/c1-8-5-9-10-7-14-4-3-11(10)15-13(9)12(6-8)16-2/h5-6,14-15H,3-4,7H2,1-2H3. The number of rotatable bonds is 1. The molecule has 2 heterocycles. The van der Waals surface area contributed by atoms with Crippen LogP contribution in [-0.2, 0) is 13.0 Å². The van der Waals surface area contributed by atoms with Crippen molar-refractivity contribution >= 4 is 10.9 Å². The number of aromatic nitrogens is 1. The first-order valence-corrected chi connectivity index (χ1v) is 5.68. The van der Waals surface area contributed by atoms with Gasteiger partial charge in [-0.25, -0.2) is 0 Å². The van der Waals surface area contributed by atoms with Gasteiger partial charge in [0, 0.05) is 30.6 Å². The van der Waals surface area contributed by atoms with E-state index in [-0.39, 0.29) is 0 Å². The van der Waals surface area contributed by atoms with E-state index in [1.54, 1.807) is 7.11 Å². The molecule has 0 saturated carbocycles. The van der Waals surface area contributed by atoms with E-state index in [0.29, 0.717) is 0 Å². The van der Waals surface area contributed by atoms with Crippen molar-refractivity contribution in [2.45, 2.75) is 19.9 Å². The fraction of sp³-hybridized carbons (Fsp3) is 0.385. The molecule has 0 radical (unpaired) electrons. The number of H-pyrrole nitrogens is 1. The lowest BCUT2D eigenvalue weighted by molar-refractivity contribution is 0.418. The Bertz CT molecular complexity index is 542. The van der Waals surface area contributed by atoms with Crippen molar-refractivity contribution in [3.05, 3.63) is 29.0 Å². The number of benzene rings is 1. The Labute approximate surface area is 94.8 Å². The highest BCUT2D eigenvalue weighted by Gasteiger charge is 2.17. The molecule has 2 aromatic rings. The van der Waals surface area contributed by atoms with Crippen LogP contribution in [0.3, 0.4) is 0 Å². The number of methoxy groups -OCH3 is 1. The van der Waals surface area contributed by atoms with Gasteiger partial charge >= 0.3 is 0 Å². The van der Waals surface area contributed by atoms with Crippen molar-refractivity contribution in [2.24, 2.45) is 0 Å². The van der Waals surface area contributed by atoms with Crippen LogP contribution in [0.5, 0.6) is 5.75 Å². The SMILES string of the molecule is COc1cc(C)cc2c3c([nH]c12)CCNC3. The molecule has 1 aliphatic heterocycles. The molecule has 0 atom stereocenters. The molecule has 16 heavy (non-hydrogen) atoms. The third-order valence-corrected chi connectivity index (χ3v) is 3.29. The van der Waals surface area contributed by atoms with Gasteiger partial charge in [-0.05, 0) is 30.2 Å². The number of nitrogens with one attached hydrogen (secondary N) is 2. The second-order valence-electron chi connectivity index (χ2n) is 4.40. The molecular formula is C13H16N2O. The zero-order valence-corrected chi connectivity index (χ0v) is 9.68. The molecular weight excluding hydrogens is 200 g/mol. The van der Waals surface area contributed by atoms with Crippen molar-refractivity contribution < 1.29 is 4.74 Å². The van der Waals surface area contributed by atoms with Crippen LogP contribution in [0.25, 0.3) is 10.9 Å². The molecule has 84 valence electrons. The van der Waals surface area contributed by atoms with E-state index in [1.165, 1.54) is 22.2 Å². The Kier molecular flexibility index (Phi) is 2.14. The van der Waals surface area contributed by atoms with Crippen molar-refractivity contribution in [1.29, 1.82) is 0 Å². The van der Waals surface area contributed by atoms with Gasteiger partial charge < -0.3 is 15.0 Å². The summed E-state index contributed by atoms with van der Waals surface area (Å²) >= 11 is 0. The van der Waals surface area contributed by atoms with Gasteiger partial charge in [0.1, 0.15) is 5.75 Å². The molecule has 1 aromatic carbocycles. The van der Waals surface area contributed by atoms with Crippen molar-refractivity contribution in [3.63, 3.8) is 0 Å². The highest BCUT2D eigenvalue weighted by Crippen LogP contribution is 2.32. The topological polar surface area (TPSA) is 37.0 Å². The number of hydrogen-bond acceptors (Lipinski definition) is 2. The van der Waals surface area contributed by atoms with Crippen LogP contribution in [0, 0.1) is 6.92 Å². The molecule has 0 aliphatic carbocycles. The lowest BCUT2D eigenvalue weighted by Gasteiger charge is -2.12. The zero-order valence-electron chi connectivity index (χ0n) is 9.68. The number of ether oxygens (including phenoxy) is 1. The van der Waals surface area contributed by atoms with Gasteiger partial charge in [-0.3, -0.25) is 0 Å². The summed E-state index contributed by atoms with van der Waals surface area (Å²) in [7, 11) is 1.73. The summed E-state index contributed by atoms with van der Waals surface area (Å²) in [5.74, 6) is 0.949. The van der Waals surface area contributed by atoms with E-state index in [2.05, 4.69) is 29.4 Å². The Morgan fingerprint density at radius 3 is 3.00 bits per heavy atom. The third kappa shape index (κ3) is 1.32. The lowest BCUT2D eigenvalue weighted by atomic mass is 10.0. The molecule has 0 bridgehead atoms. The molecule has 3 nitrogen and oxygen atoms in total. The van der Waals surface area contributed by atoms with Crippen molar-refractivity contribution in [2.75, 3.05) is 13.7 Å². The first-order chi connectivity index (χ1) is 7.79. The van der Waals surface area contributed by atoms with E-state index in [4.69, 9.17) is 4.74 Å². The summed E-state index contributed by atoms with van der Waals surface area (Å²) in [5.41, 5.74) is 5.15. The maximum atomic E-state index is 5.43. The summed E-state index contributed by atoms with van der Waals surface area (Å²) in [6, 6.07) is 4.32. The van der Waals surface area contributed by atoms with Gasteiger partial charge in [0.2, 0.25) is 0 Å². The van der Waals surface area contributed by atoms with Gasteiger partial charge in [0.05, 0.1) is 12.6 Å². The highest BCUT2D eigenvalue weighted by molar-refractivity contribution is 5.90. The molecule has 0 unspecified atom stereocenters. The summed E-state index contributed by atoms with van der Waals surface area (Å²) in [4.78, 5) is 3.50. The van der Waals surface area contributed by atoms with E-state index >= 15 is 0 Å². The largest absolute Gasteiger partial charge is 0.495 e. The molecule has 3 rings (SSSR count). The normalized spacial score (nSPS) is 15.1. The zero-order chi connectivity index (χ0) is 11.1. The second kappa shape index (κ2) is 3.52. The van der Waals surface area contributed by atoms with Gasteiger partial charge in [-0.15, -0.1) is 0 Å². The number of aromatic amines is 1. The summed E-state index contributed by atoms with van der Waals surface area (Å²) in [5, 5.41) is 4.72. The smallest absolute Gasteiger partial charge is 0.143 e. The van der Waals surface area contributed by atoms with Gasteiger partial charge in [-0.2, -0.15) is 0 Å². The molecule has 0 saturated heterocycles. The predicted molar refractivity (Wildman–Crippen MR) is 65.0 cm³/mol. The maximum absolute atomic E-state index is 5.43. The summed E-state index contributed by atoms with van der Waals surface area (Å²) in [6.45, 7) is 4.13. The Balaban J connectivity index is 2.33. The van der Waals surface area contributed by atoms with Gasteiger partial charge in [0.15, 0.2) is 0 Å². The fourth-order valence-electron chi connectivity index (χ4n) is 2.51. The molecule has 1 aliphatic rings. The Morgan fingerprint density at radius 2 is 2.19 bits per heavy atom. The maximum Gasteiger partial charge on any atom is 0.143 e. The van der Waals surface area contributed by atoms with E-state index in [0.717, 1.165) is 30.8 Å². The second-order valence-corrected chi connectivity index (χ2v) is 4.40. The summed E-state index contributed by atoms with van der Waals surface area (Å²) in [6.07, 6.45) is 1.08. The van der Waals surface area contributed by atoms with Gasteiger partial charge in [-0.1, -0.05) is 0 Å². The van der Waals surface area contributed by atoms with Gasteiger partial charge in [0.25, 0.3) is 0 Å². The Hall–Kier alpha value is -1.48. The minimum absolute atomic E-state index is 0.949. The molecule has 3 heteroatoms. The quantitative estimate of drug-likeness (QED) is 0.766. The van der Waals surface area contributed by atoms with Crippen LogP contribution in [0.2, 0.25) is 0 Å². The molecule has 1 aromatic heterocycles. The number of hydrogen-bond donors (Lipinski definition) is 2. The van der Waals surface area contributed by atoms with E-state index in [9.17, 15) is 0 Å². The molecule has 0 fully saturated rings. The fourth-order valence-corrected chi connectivity index (χ4v) is 2.51. The minimum Gasteiger partial charge on any atom is -0.495 e. The Morgan fingerprint density at radius 1 is 1.31 bits per heavy atom. The van der Waals surface area contributed by atoms with Crippen molar-refractivity contribution in [1.82, 2.24) is 10.3 Å².